The maximum absolute atomic E-state index is 13.5. The molecule has 0 fully saturated rings. The van der Waals surface area contributed by atoms with Crippen molar-refractivity contribution in [2.45, 2.75) is 32.2 Å². The summed E-state index contributed by atoms with van der Waals surface area (Å²) in [6.45, 7) is 2.62. The van der Waals surface area contributed by atoms with Crippen LogP contribution in [0.25, 0.3) is 10.9 Å². The highest BCUT2D eigenvalue weighted by Gasteiger charge is 2.30. The summed E-state index contributed by atoms with van der Waals surface area (Å²) in [5, 5.41) is 11.7. The lowest BCUT2D eigenvalue weighted by atomic mass is 9.90. The summed E-state index contributed by atoms with van der Waals surface area (Å²) in [5.74, 6) is -1.50. The minimum absolute atomic E-state index is 0.0207. The molecule has 2 aromatic carbocycles. The van der Waals surface area contributed by atoms with Crippen molar-refractivity contribution >= 4 is 22.8 Å². The first-order chi connectivity index (χ1) is 17.4. The molecule has 184 valence electrons. The molecule has 0 saturated carbocycles. The van der Waals surface area contributed by atoms with Gasteiger partial charge in [-0.05, 0) is 42.7 Å². The fraction of sp³-hybridized carbons (Fsp3) is 0.250. The van der Waals surface area contributed by atoms with Gasteiger partial charge in [0.05, 0.1) is 25.1 Å². The number of carbonyl (C=O) groups is 2. The zero-order chi connectivity index (χ0) is 25.4. The number of rotatable bonds is 5. The Kier molecular flexibility index (Phi) is 6.10. The molecule has 1 atom stereocenters. The van der Waals surface area contributed by atoms with Crippen LogP contribution in [-0.2, 0) is 22.5 Å². The summed E-state index contributed by atoms with van der Waals surface area (Å²) >= 11 is 0. The first-order valence-electron chi connectivity index (χ1n) is 11.7. The van der Waals surface area contributed by atoms with Crippen molar-refractivity contribution in [2.24, 2.45) is 0 Å². The average molecular weight is 487 g/mol. The Balaban J connectivity index is 1.46. The van der Waals surface area contributed by atoms with Gasteiger partial charge in [-0.1, -0.05) is 30.3 Å². The molecule has 2 aromatic heterocycles. The number of aromatic amines is 1. The van der Waals surface area contributed by atoms with Gasteiger partial charge in [-0.15, -0.1) is 0 Å². The Hall–Kier alpha value is -4.33. The van der Waals surface area contributed by atoms with Crippen molar-refractivity contribution < 1.29 is 23.8 Å². The molecule has 2 N–H and O–H groups in total. The van der Waals surface area contributed by atoms with E-state index in [-0.39, 0.29) is 18.1 Å². The molecule has 8 heteroatoms. The van der Waals surface area contributed by atoms with Gasteiger partial charge < -0.3 is 24.1 Å². The highest BCUT2D eigenvalue weighted by molar-refractivity contribution is 5.89. The molecule has 0 saturated heterocycles. The number of benzene rings is 2. The SMILES string of the molecule is COC(=O)c1ccc(C(CC(=O)N2CCc3c([nH]c4ccccc34)C2)c2oc(C)cc(=O)c2O)cc1. The molecule has 0 aliphatic carbocycles. The van der Waals surface area contributed by atoms with E-state index in [0.29, 0.717) is 30.0 Å². The number of aromatic nitrogens is 1. The van der Waals surface area contributed by atoms with E-state index in [9.17, 15) is 19.5 Å². The van der Waals surface area contributed by atoms with Crippen molar-refractivity contribution in [2.75, 3.05) is 13.7 Å². The van der Waals surface area contributed by atoms with Crippen molar-refractivity contribution in [1.29, 1.82) is 0 Å². The van der Waals surface area contributed by atoms with E-state index in [0.717, 1.165) is 17.6 Å². The zero-order valence-corrected chi connectivity index (χ0v) is 20.0. The number of fused-ring (bicyclic) bond motifs is 3. The molecule has 36 heavy (non-hydrogen) atoms. The van der Waals surface area contributed by atoms with Crippen LogP contribution in [0.15, 0.2) is 63.8 Å². The molecule has 0 bridgehead atoms. The second-order valence-corrected chi connectivity index (χ2v) is 9.00. The first kappa shape index (κ1) is 23.4. The number of hydrogen-bond donors (Lipinski definition) is 2. The number of ether oxygens (including phenoxy) is 1. The smallest absolute Gasteiger partial charge is 0.337 e. The van der Waals surface area contributed by atoms with Crippen LogP contribution in [0, 0.1) is 6.92 Å². The van der Waals surface area contributed by atoms with Gasteiger partial charge in [-0.3, -0.25) is 9.59 Å². The summed E-state index contributed by atoms with van der Waals surface area (Å²) in [6.07, 6.45) is 0.710. The minimum Gasteiger partial charge on any atom is -0.502 e. The number of methoxy groups -OCH3 is 1. The van der Waals surface area contributed by atoms with Crippen molar-refractivity contribution in [3.8, 4) is 5.75 Å². The van der Waals surface area contributed by atoms with Gasteiger partial charge in [-0.2, -0.15) is 0 Å². The van der Waals surface area contributed by atoms with Crippen LogP contribution in [0.3, 0.4) is 0 Å². The third kappa shape index (κ3) is 4.26. The van der Waals surface area contributed by atoms with Gasteiger partial charge in [0.15, 0.2) is 5.76 Å². The molecule has 0 spiro atoms. The number of esters is 1. The van der Waals surface area contributed by atoms with Crippen LogP contribution in [0.5, 0.6) is 5.75 Å². The van der Waals surface area contributed by atoms with Crippen LogP contribution in [-0.4, -0.2) is 40.5 Å². The third-order valence-electron chi connectivity index (χ3n) is 6.74. The highest BCUT2D eigenvalue weighted by atomic mass is 16.5. The third-order valence-corrected chi connectivity index (χ3v) is 6.74. The number of aryl methyl sites for hydroxylation is 1. The summed E-state index contributed by atoms with van der Waals surface area (Å²) in [5.41, 5.74) is 3.70. The Morgan fingerprint density at radius 1 is 1.17 bits per heavy atom. The summed E-state index contributed by atoms with van der Waals surface area (Å²) in [7, 11) is 1.30. The molecule has 1 unspecified atom stereocenters. The Bertz CT molecular complexity index is 1520. The van der Waals surface area contributed by atoms with E-state index in [1.165, 1.54) is 24.1 Å². The number of aromatic hydroxyl groups is 1. The molecule has 8 nitrogen and oxygen atoms in total. The van der Waals surface area contributed by atoms with E-state index in [1.54, 1.807) is 36.1 Å². The second-order valence-electron chi connectivity index (χ2n) is 9.00. The average Bonchev–Trinajstić information content (AvgIpc) is 3.27. The number of nitrogens with zero attached hydrogens (tertiary/aromatic N) is 1. The number of hydrogen-bond acceptors (Lipinski definition) is 6. The van der Waals surface area contributed by atoms with Crippen molar-refractivity contribution in [3.05, 3.63) is 98.7 Å². The van der Waals surface area contributed by atoms with Gasteiger partial charge >= 0.3 is 5.97 Å². The monoisotopic (exact) mass is 486 g/mol. The maximum Gasteiger partial charge on any atom is 0.337 e. The fourth-order valence-corrected chi connectivity index (χ4v) is 4.90. The van der Waals surface area contributed by atoms with E-state index in [2.05, 4.69) is 11.1 Å². The number of para-hydroxylation sites is 1. The van der Waals surface area contributed by atoms with Crippen LogP contribution in [0.1, 0.15) is 51.0 Å². The highest BCUT2D eigenvalue weighted by Crippen LogP contribution is 2.35. The van der Waals surface area contributed by atoms with Crippen molar-refractivity contribution in [3.63, 3.8) is 0 Å². The summed E-state index contributed by atoms with van der Waals surface area (Å²) < 4.78 is 10.5. The molecular weight excluding hydrogens is 460 g/mol. The Labute approximate surface area is 207 Å². The molecule has 3 heterocycles. The van der Waals surface area contributed by atoms with Crippen LogP contribution in [0.2, 0.25) is 0 Å². The molecule has 5 rings (SSSR count). The van der Waals surface area contributed by atoms with Gasteiger partial charge in [-0.25, -0.2) is 4.79 Å². The second kappa shape index (κ2) is 9.37. The normalized spacial score (nSPS) is 13.9. The first-order valence-corrected chi connectivity index (χ1v) is 11.7. The minimum atomic E-state index is -0.721. The zero-order valence-electron chi connectivity index (χ0n) is 20.0. The lowest BCUT2D eigenvalue weighted by molar-refractivity contribution is -0.132. The predicted octanol–water partition coefficient (Wildman–Crippen LogP) is 4.03. The molecular formula is C28H26N2O6. The molecule has 1 amide bonds. The number of amides is 1. The van der Waals surface area contributed by atoms with Crippen LogP contribution in [0.4, 0.5) is 0 Å². The van der Waals surface area contributed by atoms with Crippen LogP contribution >= 0.6 is 0 Å². The van der Waals surface area contributed by atoms with E-state index < -0.39 is 23.1 Å². The largest absolute Gasteiger partial charge is 0.502 e. The molecule has 1 aliphatic heterocycles. The standard InChI is InChI=1S/C28H26N2O6/c1-16-13-24(31)26(33)27(36-16)21(17-7-9-18(10-8-17)28(34)35-2)14-25(32)30-12-11-20-19-5-3-4-6-22(19)29-23(20)15-30/h3-10,13,21,29,33H,11-12,14-15H2,1-2H3. The van der Waals surface area contributed by atoms with E-state index in [1.807, 2.05) is 18.2 Å². The molecule has 0 radical (unpaired) electrons. The van der Waals surface area contributed by atoms with Crippen LogP contribution < -0.4 is 5.43 Å². The van der Waals surface area contributed by atoms with E-state index in [4.69, 9.17) is 9.15 Å². The Morgan fingerprint density at radius 2 is 1.92 bits per heavy atom. The van der Waals surface area contributed by atoms with Crippen molar-refractivity contribution in [1.82, 2.24) is 9.88 Å². The molecule has 1 aliphatic rings. The molecule has 4 aromatic rings. The lowest BCUT2D eigenvalue weighted by Gasteiger charge is -2.29. The quantitative estimate of drug-likeness (QED) is 0.412. The summed E-state index contributed by atoms with van der Waals surface area (Å²) in [4.78, 5) is 42.9. The van der Waals surface area contributed by atoms with Gasteiger partial charge in [0.25, 0.3) is 0 Å². The number of nitrogens with one attached hydrogen (secondary N) is 1. The Morgan fingerprint density at radius 3 is 2.67 bits per heavy atom. The number of H-pyrrole nitrogens is 1. The maximum atomic E-state index is 13.5. The fourth-order valence-electron chi connectivity index (χ4n) is 4.90. The predicted molar refractivity (Wildman–Crippen MR) is 133 cm³/mol. The van der Waals surface area contributed by atoms with E-state index >= 15 is 0 Å². The van der Waals surface area contributed by atoms with Gasteiger partial charge in [0.1, 0.15) is 5.76 Å². The number of carbonyl (C=O) groups excluding carboxylic acids is 2. The topological polar surface area (TPSA) is 113 Å². The van der Waals surface area contributed by atoms with Gasteiger partial charge in [0.2, 0.25) is 17.1 Å². The lowest BCUT2D eigenvalue weighted by Crippen LogP contribution is -2.36. The summed E-state index contributed by atoms with van der Waals surface area (Å²) in [6, 6.07) is 15.8. The van der Waals surface area contributed by atoms with Gasteiger partial charge in [0, 0.05) is 35.6 Å².